The number of unbranched alkanes of at least 4 members (excludes halogenated alkanes) is 2. The Morgan fingerprint density at radius 2 is 1.89 bits per heavy atom. The number of likely N-dealkylation sites (N-methyl/N-ethyl adjacent to an activating group) is 1. The molecule has 3 heterocycles. The molecule has 1 saturated heterocycles. The van der Waals surface area contributed by atoms with E-state index in [-0.39, 0.29) is 42.4 Å². The van der Waals surface area contributed by atoms with Crippen LogP contribution in [0.2, 0.25) is 0 Å². The lowest BCUT2D eigenvalue weighted by atomic mass is 10.2. The van der Waals surface area contributed by atoms with Gasteiger partial charge in [-0.1, -0.05) is 25.8 Å². The van der Waals surface area contributed by atoms with Crippen LogP contribution in [0.4, 0.5) is 25.3 Å². The number of fused-ring (bicyclic) bond motifs is 1. The lowest BCUT2D eigenvalue weighted by Gasteiger charge is -2.31. The second kappa shape index (κ2) is 16.1. The highest BCUT2D eigenvalue weighted by molar-refractivity contribution is 14.1. The third-order valence-corrected chi connectivity index (χ3v) is 8.43. The van der Waals surface area contributed by atoms with E-state index in [0.29, 0.717) is 12.0 Å². The quantitative estimate of drug-likeness (QED) is 0.115. The SMILES string of the molecule is CCCCCC(=O)N(COC(=O)N(C)c1ncccc1COC(=O)CN1CCN(C)CC1)c1nc2c(F)cc(C#N)c(F)c2n1I. The summed E-state index contributed by atoms with van der Waals surface area (Å²) >= 11 is 1.66. The summed E-state index contributed by atoms with van der Waals surface area (Å²) < 4.78 is 41.9. The van der Waals surface area contributed by atoms with Crippen molar-refractivity contribution in [2.75, 3.05) is 63.3 Å². The number of piperazine rings is 1. The molecule has 13 nitrogen and oxygen atoms in total. The number of hydrogen-bond donors (Lipinski definition) is 0. The highest BCUT2D eigenvalue weighted by Gasteiger charge is 2.28. The fourth-order valence-electron chi connectivity index (χ4n) is 4.82. The van der Waals surface area contributed by atoms with Crippen LogP contribution in [0.3, 0.4) is 0 Å². The van der Waals surface area contributed by atoms with Crippen molar-refractivity contribution in [3.63, 3.8) is 0 Å². The molecule has 0 bridgehead atoms. The Bertz CT molecular complexity index is 1620. The highest BCUT2D eigenvalue weighted by atomic mass is 127. The van der Waals surface area contributed by atoms with Gasteiger partial charge in [0.1, 0.15) is 29.5 Å². The molecule has 0 unspecified atom stereocenters. The first-order chi connectivity index (χ1) is 22.0. The molecule has 3 aromatic rings. The summed E-state index contributed by atoms with van der Waals surface area (Å²) in [6, 6.07) is 5.65. The van der Waals surface area contributed by atoms with Gasteiger partial charge in [0.15, 0.2) is 18.4 Å². The molecule has 0 N–H and O–H groups in total. The predicted octanol–water partition coefficient (Wildman–Crippen LogP) is 4.21. The minimum Gasteiger partial charge on any atom is -0.460 e. The molecule has 1 aromatic carbocycles. The number of aromatic nitrogens is 3. The van der Waals surface area contributed by atoms with E-state index >= 15 is 4.39 Å². The molecule has 0 aliphatic carbocycles. The number of carbonyl (C=O) groups is 3. The summed E-state index contributed by atoms with van der Waals surface area (Å²) in [5.74, 6) is -2.82. The Kier molecular flexibility index (Phi) is 12.2. The van der Waals surface area contributed by atoms with Gasteiger partial charge in [0.05, 0.1) is 35.0 Å². The summed E-state index contributed by atoms with van der Waals surface area (Å²) in [6.07, 6.45) is 2.79. The average molecular weight is 753 g/mol. The van der Waals surface area contributed by atoms with E-state index in [0.717, 1.165) is 57.7 Å². The number of benzene rings is 1. The van der Waals surface area contributed by atoms with Gasteiger partial charge in [-0.25, -0.2) is 31.2 Å². The van der Waals surface area contributed by atoms with E-state index < -0.39 is 41.9 Å². The summed E-state index contributed by atoms with van der Waals surface area (Å²) in [4.78, 5) is 53.8. The maximum atomic E-state index is 15.0. The number of nitriles is 1. The minimum absolute atomic E-state index is 0.0688. The number of rotatable bonds is 12. The molecule has 4 rings (SSSR count). The smallest absolute Gasteiger partial charge is 0.416 e. The molecule has 0 atom stereocenters. The number of ether oxygens (including phenoxy) is 2. The fraction of sp³-hybridized carbons (Fsp3) is 0.467. The van der Waals surface area contributed by atoms with Crippen molar-refractivity contribution >= 4 is 63.6 Å². The maximum absolute atomic E-state index is 15.0. The lowest BCUT2D eigenvalue weighted by molar-refractivity contribution is -0.146. The van der Waals surface area contributed by atoms with Crippen molar-refractivity contribution in [2.24, 2.45) is 0 Å². The van der Waals surface area contributed by atoms with Crippen LogP contribution in [0.15, 0.2) is 24.4 Å². The van der Waals surface area contributed by atoms with E-state index in [1.165, 1.54) is 13.2 Å². The summed E-state index contributed by atoms with van der Waals surface area (Å²) in [6.45, 7) is 4.61. The predicted molar refractivity (Wildman–Crippen MR) is 173 cm³/mol. The molecule has 16 heteroatoms. The summed E-state index contributed by atoms with van der Waals surface area (Å²) in [5.41, 5.74) is -0.757. The molecular formula is C30H35F2IN8O5. The molecule has 2 aromatic heterocycles. The zero-order valence-corrected chi connectivity index (χ0v) is 28.0. The van der Waals surface area contributed by atoms with E-state index in [2.05, 4.69) is 14.9 Å². The molecule has 46 heavy (non-hydrogen) atoms. The van der Waals surface area contributed by atoms with Gasteiger partial charge in [-0.2, -0.15) is 5.26 Å². The van der Waals surface area contributed by atoms with Gasteiger partial charge in [0, 0.05) is 51.4 Å². The van der Waals surface area contributed by atoms with Crippen molar-refractivity contribution < 1.29 is 32.6 Å². The second-order valence-corrected chi connectivity index (χ2v) is 11.8. The van der Waals surface area contributed by atoms with Crippen LogP contribution in [0.5, 0.6) is 0 Å². The molecule has 0 radical (unpaired) electrons. The second-order valence-electron chi connectivity index (χ2n) is 10.8. The molecule has 0 saturated carbocycles. The van der Waals surface area contributed by atoms with Crippen LogP contribution in [-0.2, 0) is 25.7 Å². The number of halogens is 3. The van der Waals surface area contributed by atoms with Gasteiger partial charge in [0.2, 0.25) is 11.9 Å². The molecule has 0 spiro atoms. The Morgan fingerprint density at radius 3 is 2.59 bits per heavy atom. The van der Waals surface area contributed by atoms with Crippen LogP contribution in [0.25, 0.3) is 11.0 Å². The van der Waals surface area contributed by atoms with Crippen molar-refractivity contribution in [2.45, 2.75) is 39.2 Å². The van der Waals surface area contributed by atoms with E-state index in [4.69, 9.17) is 9.47 Å². The first kappa shape index (κ1) is 34.9. The van der Waals surface area contributed by atoms with Crippen LogP contribution in [0.1, 0.15) is 43.7 Å². The number of anilines is 2. The Balaban J connectivity index is 1.49. The number of hydrogen-bond acceptors (Lipinski definition) is 10. The van der Waals surface area contributed by atoms with Crippen LogP contribution < -0.4 is 9.80 Å². The van der Waals surface area contributed by atoms with E-state index in [9.17, 15) is 24.0 Å². The van der Waals surface area contributed by atoms with Crippen LogP contribution in [0, 0.1) is 23.0 Å². The van der Waals surface area contributed by atoms with Crippen LogP contribution >= 0.6 is 22.9 Å². The Hall–Kier alpha value is -3.95. The number of nitrogens with zero attached hydrogens (tertiary/aromatic N) is 8. The molecule has 2 amide bonds. The Morgan fingerprint density at radius 1 is 1.15 bits per heavy atom. The van der Waals surface area contributed by atoms with Crippen molar-refractivity contribution in [1.82, 2.24) is 22.5 Å². The number of amides is 2. The molecular weight excluding hydrogens is 717 g/mol. The molecule has 1 aliphatic heterocycles. The van der Waals surface area contributed by atoms with E-state index in [1.54, 1.807) is 41.1 Å². The number of imidazole rings is 1. The maximum Gasteiger partial charge on any atom is 0.416 e. The largest absolute Gasteiger partial charge is 0.460 e. The average Bonchev–Trinajstić information content (AvgIpc) is 3.40. The Labute approximate surface area is 279 Å². The first-order valence-corrected chi connectivity index (χ1v) is 15.7. The zero-order chi connectivity index (χ0) is 33.4. The minimum atomic E-state index is -0.992. The normalized spacial score (nSPS) is 13.8. The monoisotopic (exact) mass is 752 g/mol. The van der Waals surface area contributed by atoms with Gasteiger partial charge in [-0.3, -0.25) is 19.4 Å². The standard InChI is InChI=1S/C30H35F2IN8O5/c1-4-5-6-9-23(42)40(29-36-26-22(31)15-21(16-34)25(32)27(26)41(29)33)19-46-30(44)38(3)28-20(8-7-10-35-28)18-45-24(43)17-39-13-11-37(2)12-14-39/h7-8,10,15H,4-6,9,11-14,17-19H2,1-3H3. The highest BCUT2D eigenvalue weighted by Crippen LogP contribution is 2.31. The topological polar surface area (TPSA) is 137 Å². The number of esters is 1. The summed E-state index contributed by atoms with van der Waals surface area (Å²) in [7, 11) is 3.44. The number of pyridine rings is 1. The van der Waals surface area contributed by atoms with Crippen molar-refractivity contribution in [3.8, 4) is 6.07 Å². The van der Waals surface area contributed by atoms with Gasteiger partial charge in [-0.05, 0) is 25.6 Å². The third kappa shape index (κ3) is 8.25. The lowest BCUT2D eigenvalue weighted by Crippen LogP contribution is -2.46. The third-order valence-electron chi connectivity index (χ3n) is 7.52. The number of carbonyl (C=O) groups excluding carboxylic acids is 3. The van der Waals surface area contributed by atoms with Gasteiger partial charge < -0.3 is 14.4 Å². The van der Waals surface area contributed by atoms with E-state index in [1.807, 2.05) is 18.9 Å². The first-order valence-electron chi connectivity index (χ1n) is 14.7. The van der Waals surface area contributed by atoms with Crippen LogP contribution in [-0.4, -0.2) is 94.1 Å². The van der Waals surface area contributed by atoms with Gasteiger partial charge in [0.25, 0.3) is 0 Å². The molecule has 1 aliphatic rings. The van der Waals surface area contributed by atoms with Crippen molar-refractivity contribution in [3.05, 3.63) is 47.2 Å². The van der Waals surface area contributed by atoms with Gasteiger partial charge in [-0.15, -0.1) is 0 Å². The fourth-order valence-corrected chi connectivity index (χ4v) is 5.63. The summed E-state index contributed by atoms with van der Waals surface area (Å²) in [5, 5.41) is 9.22. The molecule has 1 fully saturated rings. The van der Waals surface area contributed by atoms with Gasteiger partial charge >= 0.3 is 12.1 Å². The zero-order valence-electron chi connectivity index (χ0n) is 25.8. The molecule has 246 valence electrons. The van der Waals surface area contributed by atoms with Crippen molar-refractivity contribution in [1.29, 1.82) is 5.26 Å².